The zero-order chi connectivity index (χ0) is 20.3. The van der Waals surface area contributed by atoms with Crippen LogP contribution in [0.15, 0.2) is 57.3 Å². The van der Waals surface area contributed by atoms with Gasteiger partial charge in [0.15, 0.2) is 11.5 Å². The van der Waals surface area contributed by atoms with Crippen LogP contribution < -0.4 is 5.32 Å². The zero-order valence-corrected chi connectivity index (χ0v) is 17.3. The summed E-state index contributed by atoms with van der Waals surface area (Å²) >= 11 is 1.51. The lowest BCUT2D eigenvalue weighted by molar-refractivity contribution is 0.0942. The van der Waals surface area contributed by atoms with Crippen LogP contribution in [0.3, 0.4) is 0 Å². The molecule has 0 saturated carbocycles. The van der Waals surface area contributed by atoms with Gasteiger partial charge < -0.3 is 9.84 Å². The van der Waals surface area contributed by atoms with Gasteiger partial charge in [-0.05, 0) is 42.0 Å². The Hall–Kier alpha value is -2.49. The van der Waals surface area contributed by atoms with Gasteiger partial charge in [-0.15, -0.1) is 11.3 Å². The minimum atomic E-state index is -3.45. The largest absolute Gasteiger partial charge is 0.355 e. The Kier molecular flexibility index (Phi) is 5.79. The number of amides is 1. The minimum absolute atomic E-state index is 0.206. The van der Waals surface area contributed by atoms with Gasteiger partial charge in [-0.2, -0.15) is 4.31 Å². The predicted molar refractivity (Wildman–Crippen MR) is 110 cm³/mol. The van der Waals surface area contributed by atoms with Crippen molar-refractivity contribution in [3.63, 3.8) is 0 Å². The molecule has 0 bridgehead atoms. The number of carbonyl (C=O) groups is 1. The van der Waals surface area contributed by atoms with E-state index in [0.29, 0.717) is 18.8 Å². The Bertz CT molecular complexity index is 1070. The van der Waals surface area contributed by atoms with Crippen molar-refractivity contribution in [2.75, 3.05) is 13.1 Å². The number of piperidine rings is 1. The number of thiophene rings is 1. The van der Waals surface area contributed by atoms with Crippen LogP contribution in [0, 0.1) is 0 Å². The summed E-state index contributed by atoms with van der Waals surface area (Å²) in [5, 5.41) is 8.52. The van der Waals surface area contributed by atoms with Gasteiger partial charge in [0, 0.05) is 25.7 Å². The van der Waals surface area contributed by atoms with E-state index in [-0.39, 0.29) is 23.0 Å². The molecule has 1 saturated heterocycles. The third-order valence-electron chi connectivity index (χ3n) is 4.84. The number of carbonyl (C=O) groups excluding carboxylic acids is 1. The maximum absolute atomic E-state index is 12.7. The fraction of sp³-hybridized carbons (Fsp3) is 0.300. The highest BCUT2D eigenvalue weighted by Gasteiger charge is 2.25. The van der Waals surface area contributed by atoms with Crippen LogP contribution in [0.1, 0.15) is 35.3 Å². The van der Waals surface area contributed by atoms with Gasteiger partial charge in [-0.25, -0.2) is 8.42 Å². The van der Waals surface area contributed by atoms with Gasteiger partial charge in [-0.1, -0.05) is 29.8 Å². The van der Waals surface area contributed by atoms with Crippen LogP contribution >= 0.6 is 11.3 Å². The van der Waals surface area contributed by atoms with Gasteiger partial charge in [0.05, 0.1) is 9.77 Å². The van der Waals surface area contributed by atoms with Gasteiger partial charge in [0.25, 0.3) is 5.91 Å². The lowest BCUT2D eigenvalue weighted by atomic mass is 10.2. The first-order valence-corrected chi connectivity index (χ1v) is 11.7. The van der Waals surface area contributed by atoms with E-state index >= 15 is 0 Å². The summed E-state index contributed by atoms with van der Waals surface area (Å²) in [4.78, 5) is 13.5. The predicted octanol–water partition coefficient (Wildman–Crippen LogP) is 3.51. The van der Waals surface area contributed by atoms with E-state index in [1.165, 1.54) is 11.3 Å². The number of sulfonamides is 1. The monoisotopic (exact) mass is 431 g/mol. The number of hydrogen-bond acceptors (Lipinski definition) is 6. The Morgan fingerprint density at radius 1 is 1.14 bits per heavy atom. The second-order valence-corrected chi connectivity index (χ2v) is 9.73. The molecule has 0 radical (unpaired) electrons. The van der Waals surface area contributed by atoms with Crippen molar-refractivity contribution < 1.29 is 17.7 Å². The third kappa shape index (κ3) is 4.42. The fourth-order valence-electron chi connectivity index (χ4n) is 3.22. The molecule has 1 aliphatic rings. The lowest BCUT2D eigenvalue weighted by Crippen LogP contribution is -2.35. The number of nitrogens with one attached hydrogen (secondary N) is 1. The number of nitrogens with zero attached hydrogens (tertiary/aromatic N) is 2. The Morgan fingerprint density at radius 2 is 1.90 bits per heavy atom. The molecule has 1 aromatic carbocycles. The SMILES string of the molecule is O=C(NCc1ccc(S(=O)(=O)N2CCCCC2)cc1)c1cc(-c2cccs2)on1. The summed E-state index contributed by atoms with van der Waals surface area (Å²) in [6, 6.07) is 12.0. The minimum Gasteiger partial charge on any atom is -0.355 e. The normalized spacial score (nSPS) is 15.3. The molecule has 0 unspecified atom stereocenters. The van der Waals surface area contributed by atoms with E-state index in [4.69, 9.17) is 4.52 Å². The summed E-state index contributed by atoms with van der Waals surface area (Å²) in [5.74, 6) is 0.207. The van der Waals surface area contributed by atoms with Gasteiger partial charge in [-0.3, -0.25) is 4.79 Å². The smallest absolute Gasteiger partial charge is 0.273 e. The topological polar surface area (TPSA) is 92.5 Å². The van der Waals surface area contributed by atoms with Gasteiger partial charge in [0.1, 0.15) is 0 Å². The van der Waals surface area contributed by atoms with Crippen molar-refractivity contribution in [1.82, 2.24) is 14.8 Å². The molecule has 1 amide bonds. The Balaban J connectivity index is 1.37. The van der Waals surface area contributed by atoms with E-state index in [2.05, 4.69) is 10.5 Å². The van der Waals surface area contributed by atoms with Crippen LogP contribution in [0.4, 0.5) is 0 Å². The molecule has 3 heterocycles. The van der Waals surface area contributed by atoms with E-state index in [0.717, 1.165) is 29.7 Å². The molecule has 1 N–H and O–H groups in total. The van der Waals surface area contributed by atoms with Crippen LogP contribution in [-0.4, -0.2) is 36.9 Å². The van der Waals surface area contributed by atoms with Gasteiger partial charge >= 0.3 is 0 Å². The van der Waals surface area contributed by atoms with Crippen LogP contribution in [0.5, 0.6) is 0 Å². The van der Waals surface area contributed by atoms with Crippen LogP contribution in [-0.2, 0) is 16.6 Å². The van der Waals surface area contributed by atoms with Crippen molar-refractivity contribution in [2.45, 2.75) is 30.7 Å². The van der Waals surface area contributed by atoms with Crippen molar-refractivity contribution in [3.8, 4) is 10.6 Å². The average Bonchev–Trinajstić information content (AvgIpc) is 3.45. The van der Waals surface area contributed by atoms with Gasteiger partial charge in [0.2, 0.25) is 10.0 Å². The highest BCUT2D eigenvalue weighted by molar-refractivity contribution is 7.89. The van der Waals surface area contributed by atoms with Crippen molar-refractivity contribution in [3.05, 3.63) is 59.1 Å². The summed E-state index contributed by atoms with van der Waals surface area (Å²) in [5.41, 5.74) is 1.01. The average molecular weight is 432 g/mol. The quantitative estimate of drug-likeness (QED) is 0.645. The lowest BCUT2D eigenvalue weighted by Gasteiger charge is -2.25. The molecule has 4 rings (SSSR count). The second kappa shape index (κ2) is 8.48. The van der Waals surface area contributed by atoms with E-state index in [9.17, 15) is 13.2 Å². The molecule has 1 aliphatic heterocycles. The highest BCUT2D eigenvalue weighted by atomic mass is 32.2. The van der Waals surface area contributed by atoms with Crippen molar-refractivity contribution in [2.24, 2.45) is 0 Å². The molecular formula is C20H21N3O4S2. The first-order valence-electron chi connectivity index (χ1n) is 9.42. The number of aromatic nitrogens is 1. The summed E-state index contributed by atoms with van der Waals surface area (Å²) in [7, 11) is -3.45. The second-order valence-electron chi connectivity index (χ2n) is 6.85. The molecule has 152 valence electrons. The highest BCUT2D eigenvalue weighted by Crippen LogP contribution is 2.25. The fourth-order valence-corrected chi connectivity index (χ4v) is 5.41. The Labute approximate surface area is 173 Å². The third-order valence-corrected chi connectivity index (χ3v) is 7.63. The Morgan fingerprint density at radius 3 is 2.59 bits per heavy atom. The van der Waals surface area contributed by atoms with E-state index in [1.54, 1.807) is 34.6 Å². The summed E-state index contributed by atoms with van der Waals surface area (Å²) in [6.45, 7) is 1.42. The van der Waals surface area contributed by atoms with Crippen molar-refractivity contribution in [1.29, 1.82) is 0 Å². The molecule has 2 aromatic heterocycles. The van der Waals surface area contributed by atoms with Crippen molar-refractivity contribution >= 4 is 27.3 Å². The maximum atomic E-state index is 12.7. The maximum Gasteiger partial charge on any atom is 0.273 e. The van der Waals surface area contributed by atoms with E-state index < -0.39 is 10.0 Å². The number of rotatable bonds is 6. The zero-order valence-electron chi connectivity index (χ0n) is 15.7. The van der Waals surface area contributed by atoms with Crippen LogP contribution in [0.25, 0.3) is 10.6 Å². The summed E-state index contributed by atoms with van der Waals surface area (Å²) < 4.78 is 32.1. The molecule has 9 heteroatoms. The first kappa shape index (κ1) is 19.8. The first-order chi connectivity index (χ1) is 14.0. The van der Waals surface area contributed by atoms with E-state index in [1.807, 2.05) is 17.5 Å². The molecule has 0 atom stereocenters. The standard InChI is InChI=1S/C20H21N3O4S2/c24-20(17-13-18(27-22-17)19-5-4-12-28-19)21-14-15-6-8-16(9-7-15)29(25,26)23-10-2-1-3-11-23/h4-9,12-13H,1-3,10-11,14H2,(H,21,24). The summed E-state index contributed by atoms with van der Waals surface area (Å²) in [6.07, 6.45) is 2.88. The number of benzene rings is 1. The molecule has 3 aromatic rings. The molecule has 0 aliphatic carbocycles. The molecule has 29 heavy (non-hydrogen) atoms. The molecular weight excluding hydrogens is 410 g/mol. The molecule has 1 fully saturated rings. The molecule has 0 spiro atoms. The van der Waals surface area contributed by atoms with Crippen LogP contribution in [0.2, 0.25) is 0 Å². The molecule has 7 nitrogen and oxygen atoms in total. The number of hydrogen-bond donors (Lipinski definition) is 1.